The fraction of sp³-hybridized carbons (Fsp3) is 0.115. The Bertz CT molecular complexity index is 1450. The fourth-order valence-corrected chi connectivity index (χ4v) is 5.85. The molecule has 1 saturated heterocycles. The van der Waals surface area contributed by atoms with Crippen molar-refractivity contribution >= 4 is 96.9 Å². The van der Waals surface area contributed by atoms with E-state index in [9.17, 15) is 9.59 Å². The number of hydrogen-bond donors (Lipinski definition) is 1. The van der Waals surface area contributed by atoms with Crippen molar-refractivity contribution in [2.75, 3.05) is 6.61 Å². The summed E-state index contributed by atoms with van der Waals surface area (Å²) in [6, 6.07) is 15.1. The molecule has 0 unspecified atom stereocenters. The van der Waals surface area contributed by atoms with Crippen molar-refractivity contribution in [1.29, 1.82) is 0 Å². The normalized spacial score (nSPS) is 14.2. The van der Waals surface area contributed by atoms with Crippen LogP contribution in [0.3, 0.4) is 0 Å². The summed E-state index contributed by atoms with van der Waals surface area (Å²) in [5.74, 6) is -0.0490. The highest BCUT2D eigenvalue weighted by Crippen LogP contribution is 2.40. The highest BCUT2D eigenvalue weighted by atomic mass is 79.9. The predicted molar refractivity (Wildman–Crippen MR) is 160 cm³/mol. The topological polar surface area (TPSA) is 67.9 Å². The average Bonchev–Trinajstić information content (AvgIpc) is 3.12. The van der Waals surface area contributed by atoms with Crippen LogP contribution in [0.4, 0.5) is 0 Å². The van der Waals surface area contributed by atoms with Crippen LogP contribution in [0.1, 0.15) is 28.4 Å². The minimum atomic E-state index is -0.508. The Hall–Kier alpha value is -2.27. The molecule has 1 heterocycles. The first kappa shape index (κ1) is 28.7. The summed E-state index contributed by atoms with van der Waals surface area (Å²) in [5.41, 5.74) is 4.15. The number of halogens is 4. The third-order valence-electron chi connectivity index (χ3n) is 5.15. The largest absolute Gasteiger partial charge is 0.490 e. The molecule has 0 aliphatic carbocycles. The number of ether oxygens (including phenoxy) is 2. The standard InChI is InChI=1S/C26H18BrCl3N2O4S2/c1-2-35-21-10-14(9-18(27)23(21)36-13-17-19(29)7-4-8-20(17)30)11-22-25(34)32(26(37)38-22)31-24(33)15-5-3-6-16(28)12-15/h3-12H,2,13H2,1H3,(H,31,33)/b22-11-. The van der Waals surface area contributed by atoms with E-state index in [1.807, 2.05) is 6.92 Å². The number of nitrogens with one attached hydrogen (secondary N) is 1. The van der Waals surface area contributed by atoms with Gasteiger partial charge in [-0.2, -0.15) is 5.01 Å². The number of nitrogens with zero attached hydrogens (tertiary/aromatic N) is 1. The maximum Gasteiger partial charge on any atom is 0.285 e. The van der Waals surface area contributed by atoms with E-state index < -0.39 is 11.8 Å². The van der Waals surface area contributed by atoms with Gasteiger partial charge in [0.1, 0.15) is 6.61 Å². The summed E-state index contributed by atoms with van der Waals surface area (Å²) in [6.45, 7) is 2.36. The molecule has 1 fully saturated rings. The van der Waals surface area contributed by atoms with Crippen LogP contribution in [-0.4, -0.2) is 27.8 Å². The first-order valence-electron chi connectivity index (χ1n) is 11.0. The number of carbonyl (C=O) groups is 2. The second-order valence-electron chi connectivity index (χ2n) is 7.72. The summed E-state index contributed by atoms with van der Waals surface area (Å²) in [4.78, 5) is 26.0. The van der Waals surface area contributed by atoms with Crippen molar-refractivity contribution < 1.29 is 19.1 Å². The van der Waals surface area contributed by atoms with Crippen LogP contribution in [-0.2, 0) is 11.4 Å². The smallest absolute Gasteiger partial charge is 0.285 e. The molecular formula is C26H18BrCl3N2O4S2. The van der Waals surface area contributed by atoms with Crippen LogP contribution in [0, 0.1) is 0 Å². The van der Waals surface area contributed by atoms with Crippen LogP contribution >= 0.6 is 74.7 Å². The highest BCUT2D eigenvalue weighted by Gasteiger charge is 2.34. The van der Waals surface area contributed by atoms with Crippen LogP contribution in [0.15, 0.2) is 64.0 Å². The van der Waals surface area contributed by atoms with Gasteiger partial charge in [-0.15, -0.1) is 0 Å². The lowest BCUT2D eigenvalue weighted by molar-refractivity contribution is -0.123. The van der Waals surface area contributed by atoms with Crippen LogP contribution in [0.5, 0.6) is 11.5 Å². The van der Waals surface area contributed by atoms with Crippen LogP contribution in [0.2, 0.25) is 15.1 Å². The van der Waals surface area contributed by atoms with Gasteiger partial charge in [0.2, 0.25) is 0 Å². The van der Waals surface area contributed by atoms with Gasteiger partial charge in [-0.05, 0) is 89.2 Å². The van der Waals surface area contributed by atoms with E-state index in [0.717, 1.165) is 16.8 Å². The van der Waals surface area contributed by atoms with Gasteiger partial charge in [-0.3, -0.25) is 15.0 Å². The first-order valence-corrected chi connectivity index (χ1v) is 14.2. The zero-order valence-electron chi connectivity index (χ0n) is 19.6. The summed E-state index contributed by atoms with van der Waals surface area (Å²) in [7, 11) is 0. The molecule has 12 heteroatoms. The van der Waals surface area contributed by atoms with E-state index in [0.29, 0.717) is 59.2 Å². The second kappa shape index (κ2) is 12.7. The van der Waals surface area contributed by atoms with E-state index in [4.69, 9.17) is 56.5 Å². The van der Waals surface area contributed by atoms with Gasteiger partial charge in [0.05, 0.1) is 16.0 Å². The molecule has 38 heavy (non-hydrogen) atoms. The molecule has 1 aliphatic rings. The number of rotatable bonds is 8. The van der Waals surface area contributed by atoms with Gasteiger partial charge < -0.3 is 9.47 Å². The number of amides is 2. The Morgan fingerprint density at radius 3 is 2.50 bits per heavy atom. The van der Waals surface area contributed by atoms with Crippen molar-refractivity contribution in [3.63, 3.8) is 0 Å². The van der Waals surface area contributed by atoms with Crippen molar-refractivity contribution in [2.45, 2.75) is 13.5 Å². The Kier molecular flexibility index (Phi) is 9.62. The molecule has 3 aromatic carbocycles. The van der Waals surface area contributed by atoms with Crippen molar-refractivity contribution in [3.05, 3.63) is 95.7 Å². The lowest BCUT2D eigenvalue weighted by atomic mass is 10.1. The average molecular weight is 673 g/mol. The molecular weight excluding hydrogens is 655 g/mol. The molecule has 0 bridgehead atoms. The lowest BCUT2D eigenvalue weighted by Gasteiger charge is -2.16. The molecule has 4 rings (SSSR count). The maximum atomic E-state index is 13.1. The van der Waals surface area contributed by atoms with E-state index >= 15 is 0 Å². The molecule has 0 spiro atoms. The number of hydrazine groups is 1. The molecule has 0 atom stereocenters. The minimum absolute atomic E-state index is 0.126. The van der Waals surface area contributed by atoms with E-state index in [1.54, 1.807) is 54.6 Å². The number of hydrogen-bond acceptors (Lipinski definition) is 6. The third kappa shape index (κ3) is 6.65. The first-order chi connectivity index (χ1) is 18.2. The molecule has 196 valence electrons. The van der Waals surface area contributed by atoms with E-state index in [2.05, 4.69) is 21.4 Å². The van der Waals surface area contributed by atoms with Gasteiger partial charge in [0, 0.05) is 26.2 Å². The SMILES string of the molecule is CCOc1cc(/C=C2\SC(=S)N(NC(=O)c3cccc(Cl)c3)C2=O)cc(Br)c1OCc1c(Cl)cccc1Cl. The molecule has 2 amide bonds. The zero-order chi connectivity index (χ0) is 27.4. The zero-order valence-corrected chi connectivity index (χ0v) is 25.1. The number of thioether (sulfide) groups is 1. The van der Waals surface area contributed by atoms with Crippen molar-refractivity contribution in [2.24, 2.45) is 0 Å². The summed E-state index contributed by atoms with van der Waals surface area (Å²) in [6.07, 6.45) is 1.66. The minimum Gasteiger partial charge on any atom is -0.490 e. The lowest BCUT2D eigenvalue weighted by Crippen LogP contribution is -2.44. The van der Waals surface area contributed by atoms with E-state index in [-0.39, 0.29) is 10.9 Å². The summed E-state index contributed by atoms with van der Waals surface area (Å²) in [5, 5.41) is 2.43. The molecule has 0 radical (unpaired) electrons. The van der Waals surface area contributed by atoms with Gasteiger partial charge >= 0.3 is 0 Å². The van der Waals surface area contributed by atoms with Gasteiger partial charge in [-0.25, -0.2) is 0 Å². The van der Waals surface area contributed by atoms with Crippen LogP contribution < -0.4 is 14.9 Å². The van der Waals surface area contributed by atoms with E-state index in [1.165, 1.54) is 6.07 Å². The van der Waals surface area contributed by atoms with Gasteiger partial charge in [-0.1, -0.05) is 58.7 Å². The Morgan fingerprint density at radius 1 is 1.11 bits per heavy atom. The maximum absolute atomic E-state index is 13.1. The van der Waals surface area contributed by atoms with Gasteiger partial charge in [0.15, 0.2) is 15.8 Å². The second-order valence-corrected chi connectivity index (χ2v) is 11.5. The molecule has 6 nitrogen and oxygen atoms in total. The summed E-state index contributed by atoms with van der Waals surface area (Å²) < 4.78 is 12.6. The monoisotopic (exact) mass is 670 g/mol. The highest BCUT2D eigenvalue weighted by molar-refractivity contribution is 9.10. The Labute approximate surface area is 252 Å². The molecule has 1 aliphatic heterocycles. The Balaban J connectivity index is 1.55. The van der Waals surface area contributed by atoms with Crippen molar-refractivity contribution in [3.8, 4) is 11.5 Å². The fourth-order valence-electron chi connectivity index (χ4n) is 3.40. The third-order valence-corrected chi connectivity index (χ3v) is 7.98. The number of benzene rings is 3. The van der Waals surface area contributed by atoms with Gasteiger partial charge in [0.25, 0.3) is 11.8 Å². The van der Waals surface area contributed by atoms with Crippen molar-refractivity contribution in [1.82, 2.24) is 10.4 Å². The quantitative estimate of drug-likeness (QED) is 0.194. The number of thiocarbonyl (C=S) groups is 1. The van der Waals surface area contributed by atoms with Crippen LogP contribution in [0.25, 0.3) is 6.08 Å². The molecule has 0 aromatic heterocycles. The molecule has 0 saturated carbocycles. The molecule has 3 aromatic rings. The Morgan fingerprint density at radius 2 is 1.82 bits per heavy atom. The molecule has 1 N–H and O–H groups in total. The summed E-state index contributed by atoms with van der Waals surface area (Å²) >= 11 is 28.4. The number of carbonyl (C=O) groups excluding carboxylic acids is 2. The predicted octanol–water partition coefficient (Wildman–Crippen LogP) is 7.93.